The minimum Gasteiger partial charge on any atom is -0.480 e. The lowest BCUT2D eigenvalue weighted by molar-refractivity contribution is -0.149. The average molecular weight is 487 g/mol. The zero-order chi connectivity index (χ0) is 25.4. The van der Waals surface area contributed by atoms with Crippen LogP contribution in [0.2, 0.25) is 0 Å². The molecule has 35 heavy (non-hydrogen) atoms. The molecule has 0 bridgehead atoms. The van der Waals surface area contributed by atoms with E-state index in [9.17, 15) is 24.3 Å². The monoisotopic (exact) mass is 486 g/mol. The minimum atomic E-state index is -1.07. The molecule has 190 valence electrons. The number of carboxylic acids is 1. The third-order valence-corrected chi connectivity index (χ3v) is 6.28. The largest absolute Gasteiger partial charge is 0.480 e. The Balaban J connectivity index is 1.69. The first-order valence-corrected chi connectivity index (χ1v) is 11.9. The van der Waals surface area contributed by atoms with Crippen LogP contribution in [0.15, 0.2) is 30.5 Å². The molecule has 1 saturated heterocycles. The van der Waals surface area contributed by atoms with Gasteiger partial charge in [-0.25, -0.2) is 4.79 Å². The van der Waals surface area contributed by atoms with E-state index in [0.717, 1.165) is 22.9 Å². The number of H-pyrrole nitrogens is 1. The number of para-hydroxylation sites is 1. The summed E-state index contributed by atoms with van der Waals surface area (Å²) in [5.74, 6) is -2.54. The number of fused-ring (bicyclic) bond motifs is 1. The van der Waals surface area contributed by atoms with Crippen LogP contribution in [0.1, 0.15) is 37.7 Å². The number of aromatic amines is 1. The lowest BCUT2D eigenvalue weighted by Crippen LogP contribution is -2.54. The maximum Gasteiger partial charge on any atom is 0.326 e. The van der Waals surface area contributed by atoms with Crippen LogP contribution in [0.5, 0.6) is 0 Å². The van der Waals surface area contributed by atoms with Crippen molar-refractivity contribution in [3.05, 3.63) is 36.0 Å². The van der Waals surface area contributed by atoms with Crippen molar-refractivity contribution in [1.29, 1.82) is 0 Å². The number of nitrogens with one attached hydrogen (secondary N) is 3. The third kappa shape index (κ3) is 6.80. The molecule has 1 aliphatic heterocycles. The Kier molecular flexibility index (Phi) is 9.21. The second-order valence-electron chi connectivity index (χ2n) is 8.82. The number of likely N-dealkylation sites (tertiary alicyclic amines) is 1. The highest BCUT2D eigenvalue weighted by atomic mass is 16.4. The highest BCUT2D eigenvalue weighted by molar-refractivity contribution is 5.93. The molecule has 11 nitrogen and oxygen atoms in total. The van der Waals surface area contributed by atoms with Crippen LogP contribution < -0.4 is 22.1 Å². The van der Waals surface area contributed by atoms with Crippen molar-refractivity contribution < 1.29 is 24.3 Å². The second kappa shape index (κ2) is 12.3. The number of benzene rings is 1. The van der Waals surface area contributed by atoms with Gasteiger partial charge in [-0.2, -0.15) is 0 Å². The minimum absolute atomic E-state index is 0.171. The predicted molar refractivity (Wildman–Crippen MR) is 130 cm³/mol. The summed E-state index contributed by atoms with van der Waals surface area (Å²) in [7, 11) is 0. The number of amides is 3. The molecule has 0 saturated carbocycles. The smallest absolute Gasteiger partial charge is 0.326 e. The number of unbranched alkanes of at least 4 members (excludes halogenated alkanes) is 1. The molecule has 3 amide bonds. The highest BCUT2D eigenvalue weighted by Gasteiger charge is 2.37. The maximum absolute atomic E-state index is 13.4. The van der Waals surface area contributed by atoms with Crippen LogP contribution in [-0.4, -0.2) is 76.4 Å². The van der Waals surface area contributed by atoms with Gasteiger partial charge in [0.25, 0.3) is 0 Å². The van der Waals surface area contributed by atoms with Crippen molar-refractivity contribution in [3.8, 4) is 0 Å². The summed E-state index contributed by atoms with van der Waals surface area (Å²) in [6, 6.07) is 4.92. The molecule has 2 heterocycles. The van der Waals surface area contributed by atoms with Gasteiger partial charge in [-0.05, 0) is 43.9 Å². The summed E-state index contributed by atoms with van der Waals surface area (Å²) in [6.07, 6.45) is 4.81. The summed E-state index contributed by atoms with van der Waals surface area (Å²) >= 11 is 0. The van der Waals surface area contributed by atoms with Gasteiger partial charge < -0.3 is 37.1 Å². The van der Waals surface area contributed by atoms with Gasteiger partial charge in [-0.1, -0.05) is 24.6 Å². The van der Waals surface area contributed by atoms with Gasteiger partial charge in [-0.15, -0.1) is 0 Å². The summed E-state index contributed by atoms with van der Waals surface area (Å²) < 4.78 is 0. The Morgan fingerprint density at radius 2 is 1.97 bits per heavy atom. The van der Waals surface area contributed by atoms with Crippen molar-refractivity contribution >= 4 is 34.6 Å². The van der Waals surface area contributed by atoms with Crippen molar-refractivity contribution in [2.24, 2.45) is 11.5 Å². The molecule has 1 fully saturated rings. The molecule has 0 radical (unpaired) electrons. The molecule has 2 aromatic rings. The van der Waals surface area contributed by atoms with Crippen molar-refractivity contribution in [2.75, 3.05) is 19.6 Å². The molecule has 3 rings (SSSR count). The number of carbonyl (C=O) groups excluding carboxylic acids is 3. The van der Waals surface area contributed by atoms with E-state index in [0.29, 0.717) is 38.8 Å². The second-order valence-corrected chi connectivity index (χ2v) is 8.82. The van der Waals surface area contributed by atoms with Crippen LogP contribution in [0.3, 0.4) is 0 Å². The van der Waals surface area contributed by atoms with Gasteiger partial charge >= 0.3 is 5.97 Å². The standard InChI is InChI=1S/C24H34N6O5/c25-10-4-3-7-17(26)22(32)28-14-21(31)29-19(23(33)30-11-5-9-20(30)24(34)35)12-15-13-27-18-8-2-1-6-16(15)18/h1-2,6,8,13,17,19-20,27H,3-5,7,9-12,14,25-26H2,(H,28,32)(H,29,31)(H,34,35). The van der Waals surface area contributed by atoms with E-state index >= 15 is 0 Å². The van der Waals surface area contributed by atoms with Crippen molar-refractivity contribution in [3.63, 3.8) is 0 Å². The van der Waals surface area contributed by atoms with E-state index in [2.05, 4.69) is 15.6 Å². The first kappa shape index (κ1) is 26.2. The first-order chi connectivity index (χ1) is 16.8. The van der Waals surface area contributed by atoms with Crippen molar-refractivity contribution in [1.82, 2.24) is 20.5 Å². The molecule has 8 N–H and O–H groups in total. The van der Waals surface area contributed by atoms with Gasteiger partial charge in [0.15, 0.2) is 0 Å². The fourth-order valence-electron chi connectivity index (χ4n) is 4.39. The van der Waals surface area contributed by atoms with E-state index in [1.54, 1.807) is 6.20 Å². The number of rotatable bonds is 12. The molecule has 3 atom stereocenters. The van der Waals surface area contributed by atoms with Crippen LogP contribution in [-0.2, 0) is 25.6 Å². The summed E-state index contributed by atoms with van der Waals surface area (Å²) in [4.78, 5) is 54.4. The Labute approximate surface area is 203 Å². The Morgan fingerprint density at radius 1 is 1.20 bits per heavy atom. The topological polar surface area (TPSA) is 184 Å². The van der Waals surface area contributed by atoms with Crippen LogP contribution in [0.25, 0.3) is 10.9 Å². The molecule has 0 spiro atoms. The maximum atomic E-state index is 13.4. The number of hydrogen-bond acceptors (Lipinski definition) is 6. The number of carbonyl (C=O) groups is 4. The van der Waals surface area contributed by atoms with Crippen LogP contribution in [0, 0.1) is 0 Å². The predicted octanol–water partition coefficient (Wildman–Crippen LogP) is -0.157. The van der Waals surface area contributed by atoms with Gasteiger partial charge in [0.2, 0.25) is 17.7 Å². The summed E-state index contributed by atoms with van der Waals surface area (Å²) in [5, 5.41) is 15.6. The first-order valence-electron chi connectivity index (χ1n) is 11.9. The van der Waals surface area contributed by atoms with Crippen LogP contribution >= 0.6 is 0 Å². The van der Waals surface area contributed by atoms with E-state index in [-0.39, 0.29) is 13.0 Å². The van der Waals surface area contributed by atoms with Gasteiger partial charge in [-0.3, -0.25) is 14.4 Å². The Hall–Kier alpha value is -3.44. The Bertz CT molecular complexity index is 1050. The molecular formula is C24H34N6O5. The molecule has 11 heteroatoms. The fraction of sp³-hybridized carbons (Fsp3) is 0.500. The highest BCUT2D eigenvalue weighted by Crippen LogP contribution is 2.22. The normalized spacial score (nSPS) is 17.2. The molecule has 1 aliphatic rings. The van der Waals surface area contributed by atoms with Crippen LogP contribution in [0.4, 0.5) is 0 Å². The SMILES string of the molecule is NCCCCC(N)C(=O)NCC(=O)NC(Cc1c[nH]c2ccccc12)C(=O)N1CCCC1C(=O)O. The molecule has 3 unspecified atom stereocenters. The molecule has 1 aromatic carbocycles. The number of aliphatic carboxylic acids is 1. The lowest BCUT2D eigenvalue weighted by Gasteiger charge is -2.27. The third-order valence-electron chi connectivity index (χ3n) is 6.28. The van der Waals surface area contributed by atoms with Gasteiger partial charge in [0, 0.05) is 30.1 Å². The molecule has 0 aliphatic carbocycles. The number of carboxylic acid groups (broad SMARTS) is 1. The average Bonchev–Trinajstić information content (AvgIpc) is 3.49. The molecular weight excluding hydrogens is 452 g/mol. The number of nitrogens with zero attached hydrogens (tertiary/aromatic N) is 1. The molecule has 1 aromatic heterocycles. The fourth-order valence-corrected chi connectivity index (χ4v) is 4.39. The van der Waals surface area contributed by atoms with E-state index in [1.807, 2.05) is 24.3 Å². The lowest BCUT2D eigenvalue weighted by atomic mass is 10.0. The zero-order valence-electron chi connectivity index (χ0n) is 19.7. The van der Waals surface area contributed by atoms with E-state index < -0.39 is 41.8 Å². The number of hydrogen-bond donors (Lipinski definition) is 6. The van der Waals surface area contributed by atoms with E-state index in [4.69, 9.17) is 11.5 Å². The number of nitrogens with two attached hydrogens (primary N) is 2. The summed E-state index contributed by atoms with van der Waals surface area (Å²) in [5.41, 5.74) is 13.0. The van der Waals surface area contributed by atoms with Gasteiger partial charge in [0.1, 0.15) is 12.1 Å². The Morgan fingerprint density at radius 3 is 2.71 bits per heavy atom. The van der Waals surface area contributed by atoms with Crippen molar-refractivity contribution in [2.45, 2.75) is 56.7 Å². The summed E-state index contributed by atoms with van der Waals surface area (Å²) in [6.45, 7) is 0.482. The quantitative estimate of drug-likeness (QED) is 0.225. The number of aromatic nitrogens is 1. The van der Waals surface area contributed by atoms with E-state index in [1.165, 1.54) is 4.90 Å². The van der Waals surface area contributed by atoms with Gasteiger partial charge in [0.05, 0.1) is 12.6 Å². The zero-order valence-corrected chi connectivity index (χ0v) is 19.7.